The van der Waals surface area contributed by atoms with Gasteiger partial charge in [-0.3, -0.25) is 0 Å². The van der Waals surface area contributed by atoms with E-state index in [4.69, 9.17) is 0 Å². The molecule has 0 aliphatic heterocycles. The number of hydrogen-bond donors (Lipinski definition) is 1. The lowest BCUT2D eigenvalue weighted by molar-refractivity contribution is 0.627. The largest absolute Gasteiger partial charge is 0.366 e. The van der Waals surface area contributed by atoms with Gasteiger partial charge in [0.25, 0.3) is 0 Å². The minimum Gasteiger partial charge on any atom is -0.366 e. The monoisotopic (exact) mass is 350 g/mol. The van der Waals surface area contributed by atoms with Crippen LogP contribution in [0.4, 0.5) is 16.2 Å². The number of aryl methyl sites for hydroxylation is 1. The van der Waals surface area contributed by atoms with Crippen molar-refractivity contribution in [3.63, 3.8) is 0 Å². The van der Waals surface area contributed by atoms with E-state index in [9.17, 15) is 4.39 Å². The Kier molecular flexibility index (Phi) is 5.79. The average molecular weight is 350 g/mol. The zero-order chi connectivity index (χ0) is 18.4. The second-order valence-electron chi connectivity index (χ2n) is 6.17. The summed E-state index contributed by atoms with van der Waals surface area (Å²) >= 11 is 0. The van der Waals surface area contributed by atoms with Gasteiger partial charge >= 0.3 is 0 Å². The molecule has 0 unspecified atom stereocenters. The van der Waals surface area contributed by atoms with Gasteiger partial charge < -0.3 is 10.2 Å². The van der Waals surface area contributed by atoms with Gasteiger partial charge in [0.05, 0.1) is 0 Å². The number of anilines is 2. The van der Waals surface area contributed by atoms with Gasteiger partial charge in [-0.2, -0.15) is 4.98 Å². The third-order valence-corrected chi connectivity index (χ3v) is 4.11. The summed E-state index contributed by atoms with van der Waals surface area (Å²) in [7, 11) is 0. The summed E-state index contributed by atoms with van der Waals surface area (Å²) in [4.78, 5) is 11.4. The van der Waals surface area contributed by atoms with Crippen LogP contribution in [-0.4, -0.2) is 16.5 Å². The van der Waals surface area contributed by atoms with E-state index in [1.165, 1.54) is 17.7 Å². The highest BCUT2D eigenvalue weighted by Crippen LogP contribution is 2.17. The molecule has 0 aliphatic carbocycles. The molecule has 0 amide bonds. The Morgan fingerprint density at radius 2 is 1.69 bits per heavy atom. The molecule has 1 aromatic heterocycles. The first-order valence-electron chi connectivity index (χ1n) is 8.77. The highest BCUT2D eigenvalue weighted by Gasteiger charge is 2.10. The van der Waals surface area contributed by atoms with Crippen LogP contribution in [0.2, 0.25) is 0 Å². The van der Waals surface area contributed by atoms with Gasteiger partial charge in [0.2, 0.25) is 5.95 Å². The molecular weight excluding hydrogens is 327 g/mol. The number of rotatable bonds is 7. The molecule has 0 saturated heterocycles. The maximum Gasteiger partial charge on any atom is 0.227 e. The Morgan fingerprint density at radius 3 is 2.38 bits per heavy atom. The van der Waals surface area contributed by atoms with Gasteiger partial charge in [-0.05, 0) is 37.1 Å². The zero-order valence-electron chi connectivity index (χ0n) is 15.1. The molecule has 2 aromatic carbocycles. The predicted molar refractivity (Wildman–Crippen MR) is 104 cm³/mol. The van der Waals surface area contributed by atoms with Crippen molar-refractivity contribution in [1.29, 1.82) is 0 Å². The molecule has 0 atom stereocenters. The first-order valence-corrected chi connectivity index (χ1v) is 8.77. The zero-order valence-corrected chi connectivity index (χ0v) is 15.1. The van der Waals surface area contributed by atoms with E-state index in [2.05, 4.69) is 39.2 Å². The van der Waals surface area contributed by atoms with Crippen molar-refractivity contribution in [2.24, 2.45) is 0 Å². The number of nitrogens with one attached hydrogen (secondary N) is 1. The molecule has 4 nitrogen and oxygen atoms in total. The molecule has 1 N–H and O–H groups in total. The van der Waals surface area contributed by atoms with Crippen molar-refractivity contribution in [3.8, 4) is 0 Å². The van der Waals surface area contributed by atoms with Crippen LogP contribution in [0.15, 0.2) is 60.7 Å². The van der Waals surface area contributed by atoms with Crippen LogP contribution in [0, 0.1) is 12.7 Å². The molecule has 0 saturated carbocycles. The highest BCUT2D eigenvalue weighted by atomic mass is 19.1. The fourth-order valence-electron chi connectivity index (χ4n) is 2.71. The Morgan fingerprint density at radius 1 is 0.962 bits per heavy atom. The third-order valence-electron chi connectivity index (χ3n) is 4.11. The van der Waals surface area contributed by atoms with Gasteiger partial charge in [0, 0.05) is 31.4 Å². The molecule has 3 rings (SSSR count). The Balaban J connectivity index is 1.74. The number of hydrogen-bond acceptors (Lipinski definition) is 4. The quantitative estimate of drug-likeness (QED) is 0.678. The fourth-order valence-corrected chi connectivity index (χ4v) is 2.71. The average Bonchev–Trinajstić information content (AvgIpc) is 2.66. The van der Waals surface area contributed by atoms with Crippen LogP contribution in [0.25, 0.3) is 0 Å². The second kappa shape index (κ2) is 8.43. The van der Waals surface area contributed by atoms with Crippen LogP contribution in [-0.2, 0) is 13.1 Å². The van der Waals surface area contributed by atoms with Gasteiger partial charge in [-0.1, -0.05) is 42.5 Å². The highest BCUT2D eigenvalue weighted by molar-refractivity contribution is 5.44. The lowest BCUT2D eigenvalue weighted by atomic mass is 10.2. The Labute approximate surface area is 153 Å². The van der Waals surface area contributed by atoms with Gasteiger partial charge in [0.15, 0.2) is 0 Å². The summed E-state index contributed by atoms with van der Waals surface area (Å²) in [5.74, 6) is 1.25. The first kappa shape index (κ1) is 17.9. The lowest BCUT2D eigenvalue weighted by Gasteiger charge is -2.22. The summed E-state index contributed by atoms with van der Waals surface area (Å²) in [5.41, 5.74) is 3.13. The molecule has 0 fully saturated rings. The van der Waals surface area contributed by atoms with E-state index >= 15 is 0 Å². The first-order chi connectivity index (χ1) is 12.6. The minimum atomic E-state index is -0.228. The van der Waals surface area contributed by atoms with Crippen LogP contribution in [0.3, 0.4) is 0 Å². The summed E-state index contributed by atoms with van der Waals surface area (Å²) in [5, 5.41) is 3.30. The molecule has 1 heterocycles. The van der Waals surface area contributed by atoms with Crippen molar-refractivity contribution < 1.29 is 4.39 Å². The second-order valence-corrected chi connectivity index (χ2v) is 6.17. The molecular formula is C21H23FN4. The standard InChI is InChI=1S/C21H23FN4/c1-3-26(15-18-7-5-4-6-8-18)21-24-16(2)13-20(25-21)23-14-17-9-11-19(22)12-10-17/h4-13H,3,14-15H2,1-2H3,(H,23,24,25). The van der Waals surface area contributed by atoms with Crippen LogP contribution in [0.1, 0.15) is 23.7 Å². The van der Waals surface area contributed by atoms with Gasteiger partial charge in [-0.25, -0.2) is 9.37 Å². The molecule has 3 aromatic rings. The third kappa shape index (κ3) is 4.79. The Bertz CT molecular complexity index is 834. The van der Waals surface area contributed by atoms with Gasteiger partial charge in [0.1, 0.15) is 11.6 Å². The molecule has 26 heavy (non-hydrogen) atoms. The van der Waals surface area contributed by atoms with Crippen LogP contribution >= 0.6 is 0 Å². The van der Waals surface area contributed by atoms with Crippen molar-refractivity contribution in [2.75, 3.05) is 16.8 Å². The maximum atomic E-state index is 13.0. The number of halogens is 1. The van der Waals surface area contributed by atoms with E-state index in [0.717, 1.165) is 30.2 Å². The normalized spacial score (nSPS) is 10.6. The molecule has 0 aliphatic rings. The maximum absolute atomic E-state index is 13.0. The van der Waals surface area contributed by atoms with Crippen LogP contribution in [0.5, 0.6) is 0 Å². The fraction of sp³-hybridized carbons (Fsp3) is 0.238. The van der Waals surface area contributed by atoms with Crippen molar-refractivity contribution in [1.82, 2.24) is 9.97 Å². The number of nitrogens with zero attached hydrogens (tertiary/aromatic N) is 3. The Hall–Kier alpha value is -2.95. The minimum absolute atomic E-state index is 0.228. The smallest absolute Gasteiger partial charge is 0.227 e. The molecule has 5 heteroatoms. The van der Waals surface area contributed by atoms with E-state index in [0.29, 0.717) is 12.5 Å². The van der Waals surface area contributed by atoms with E-state index in [-0.39, 0.29) is 5.82 Å². The lowest BCUT2D eigenvalue weighted by Crippen LogP contribution is -2.24. The number of aromatic nitrogens is 2. The molecule has 0 spiro atoms. The van der Waals surface area contributed by atoms with Crippen molar-refractivity contribution in [3.05, 3.63) is 83.3 Å². The van der Waals surface area contributed by atoms with Crippen LogP contribution < -0.4 is 10.2 Å². The van der Waals surface area contributed by atoms with Crippen molar-refractivity contribution in [2.45, 2.75) is 26.9 Å². The van der Waals surface area contributed by atoms with E-state index in [1.807, 2.05) is 31.2 Å². The summed E-state index contributed by atoms with van der Waals surface area (Å²) in [6.45, 7) is 6.22. The summed E-state index contributed by atoms with van der Waals surface area (Å²) in [6.07, 6.45) is 0. The topological polar surface area (TPSA) is 41.1 Å². The summed E-state index contributed by atoms with van der Waals surface area (Å²) < 4.78 is 13.0. The van der Waals surface area contributed by atoms with E-state index in [1.54, 1.807) is 12.1 Å². The van der Waals surface area contributed by atoms with Gasteiger partial charge in [-0.15, -0.1) is 0 Å². The van der Waals surface area contributed by atoms with Crippen molar-refractivity contribution >= 4 is 11.8 Å². The van der Waals surface area contributed by atoms with E-state index < -0.39 is 0 Å². The SMILES string of the molecule is CCN(Cc1ccccc1)c1nc(C)cc(NCc2ccc(F)cc2)n1. The molecule has 134 valence electrons. The predicted octanol–water partition coefficient (Wildman–Crippen LogP) is 4.56. The molecule has 0 bridgehead atoms. The summed E-state index contributed by atoms with van der Waals surface area (Å²) in [6, 6.07) is 18.7. The number of benzene rings is 2. The molecule has 0 radical (unpaired) electrons.